The van der Waals surface area contributed by atoms with Gasteiger partial charge in [-0.05, 0) is 54.8 Å². The summed E-state index contributed by atoms with van der Waals surface area (Å²) in [7, 11) is 0. The molecule has 5 nitrogen and oxygen atoms in total. The maximum absolute atomic E-state index is 11.0. The van der Waals surface area contributed by atoms with Crippen LogP contribution >= 0.6 is 0 Å². The first kappa shape index (κ1) is 25.7. The lowest BCUT2D eigenvalue weighted by molar-refractivity contribution is -0.114. The molecule has 0 aliphatic carbocycles. The average molecular weight is 442 g/mol. The number of benzene rings is 2. The van der Waals surface area contributed by atoms with E-state index in [2.05, 4.69) is 24.4 Å². The van der Waals surface area contributed by atoms with E-state index in [0.29, 0.717) is 26.4 Å². The van der Waals surface area contributed by atoms with Crippen molar-refractivity contribution in [2.45, 2.75) is 65.2 Å². The first-order valence-corrected chi connectivity index (χ1v) is 12.0. The molecule has 0 saturated carbocycles. The normalized spacial score (nSPS) is 10.7. The van der Waals surface area contributed by atoms with Gasteiger partial charge in [-0.25, -0.2) is 0 Å². The number of ether oxygens (including phenoxy) is 3. The Morgan fingerprint density at radius 3 is 1.81 bits per heavy atom. The molecule has 1 amide bonds. The molecule has 0 spiro atoms. The van der Waals surface area contributed by atoms with Gasteiger partial charge in [0.25, 0.3) is 0 Å². The van der Waals surface area contributed by atoms with Crippen LogP contribution in [0, 0.1) is 0 Å². The molecule has 0 fully saturated rings. The van der Waals surface area contributed by atoms with Gasteiger partial charge < -0.3 is 19.5 Å². The minimum absolute atomic E-state index is 0.0891. The van der Waals surface area contributed by atoms with E-state index in [1.165, 1.54) is 57.4 Å². The van der Waals surface area contributed by atoms with Gasteiger partial charge in [-0.1, -0.05) is 57.6 Å². The Morgan fingerprint density at radius 2 is 1.25 bits per heavy atom. The van der Waals surface area contributed by atoms with Gasteiger partial charge in [0.1, 0.15) is 24.7 Å². The topological polar surface area (TPSA) is 56.8 Å². The zero-order valence-electron chi connectivity index (χ0n) is 19.7. The molecule has 2 rings (SSSR count). The molecule has 5 heteroatoms. The minimum Gasteiger partial charge on any atom is -0.491 e. The van der Waals surface area contributed by atoms with Crippen molar-refractivity contribution in [3.63, 3.8) is 0 Å². The molecule has 176 valence electrons. The molecular weight excluding hydrogens is 402 g/mol. The fraction of sp³-hybridized carbons (Fsp3) is 0.519. The number of carbonyl (C=O) groups is 1. The highest BCUT2D eigenvalue weighted by atomic mass is 16.5. The molecule has 0 heterocycles. The molecule has 0 aliphatic heterocycles. The summed E-state index contributed by atoms with van der Waals surface area (Å²) in [5.41, 5.74) is 2.13. The molecule has 0 saturated heterocycles. The van der Waals surface area contributed by atoms with Gasteiger partial charge in [-0.3, -0.25) is 4.79 Å². The smallest absolute Gasteiger partial charge is 0.221 e. The molecule has 2 aromatic carbocycles. The number of nitrogens with one attached hydrogen (secondary N) is 1. The Balaban J connectivity index is 1.48. The van der Waals surface area contributed by atoms with Gasteiger partial charge in [0, 0.05) is 12.6 Å². The van der Waals surface area contributed by atoms with Crippen molar-refractivity contribution < 1.29 is 19.0 Å². The summed E-state index contributed by atoms with van der Waals surface area (Å²) in [6.07, 6.45) is 10.5. The summed E-state index contributed by atoms with van der Waals surface area (Å²) in [6, 6.07) is 15.7. The zero-order chi connectivity index (χ0) is 22.9. The second-order valence-electron chi connectivity index (χ2n) is 8.03. The maximum atomic E-state index is 11.0. The first-order valence-electron chi connectivity index (χ1n) is 12.0. The molecule has 0 aromatic heterocycles. The molecule has 1 N–H and O–H groups in total. The minimum atomic E-state index is -0.0891. The van der Waals surface area contributed by atoms with Crippen LogP contribution in [0.3, 0.4) is 0 Å². The number of unbranched alkanes of at least 4 members (excludes halogenated alkanes) is 6. The molecule has 0 atom stereocenters. The fourth-order valence-corrected chi connectivity index (χ4v) is 3.42. The SMILES string of the molecule is CCCCCCCCCc1ccc(OCCOCCOc2ccc(NC(C)=O)cc2)cc1. The Morgan fingerprint density at radius 1 is 0.719 bits per heavy atom. The third-order valence-corrected chi connectivity index (χ3v) is 5.16. The second kappa shape index (κ2) is 16.2. The van der Waals surface area contributed by atoms with Crippen LogP contribution in [0.4, 0.5) is 5.69 Å². The van der Waals surface area contributed by atoms with Crippen molar-refractivity contribution in [3.05, 3.63) is 54.1 Å². The highest BCUT2D eigenvalue weighted by Crippen LogP contribution is 2.16. The van der Waals surface area contributed by atoms with Crippen molar-refractivity contribution in [3.8, 4) is 11.5 Å². The Kier molecular flexibility index (Phi) is 13.0. The average Bonchev–Trinajstić information content (AvgIpc) is 2.79. The summed E-state index contributed by atoms with van der Waals surface area (Å²) < 4.78 is 17.0. The Hall–Kier alpha value is -2.53. The van der Waals surface area contributed by atoms with E-state index in [9.17, 15) is 4.79 Å². The van der Waals surface area contributed by atoms with E-state index in [-0.39, 0.29) is 5.91 Å². The standard InChI is InChI=1S/C27H39NO4/c1-3-4-5-6-7-8-9-10-24-11-15-26(16-12-24)31-21-19-30-20-22-32-27-17-13-25(14-18-27)28-23(2)29/h11-18H,3-10,19-22H2,1-2H3,(H,28,29). The highest BCUT2D eigenvalue weighted by Gasteiger charge is 1.99. The summed E-state index contributed by atoms with van der Waals surface area (Å²) in [5, 5.41) is 2.72. The first-order chi connectivity index (χ1) is 15.7. The predicted molar refractivity (Wildman–Crippen MR) is 131 cm³/mol. The molecule has 0 aliphatic rings. The number of carbonyl (C=O) groups excluding carboxylic acids is 1. The van der Waals surface area contributed by atoms with Crippen LogP contribution in [-0.2, 0) is 16.0 Å². The van der Waals surface area contributed by atoms with Gasteiger partial charge >= 0.3 is 0 Å². The van der Waals surface area contributed by atoms with Crippen LogP contribution in [-0.4, -0.2) is 32.3 Å². The van der Waals surface area contributed by atoms with E-state index < -0.39 is 0 Å². The van der Waals surface area contributed by atoms with Crippen molar-refractivity contribution in [2.24, 2.45) is 0 Å². The summed E-state index contributed by atoms with van der Waals surface area (Å²) >= 11 is 0. The van der Waals surface area contributed by atoms with E-state index in [4.69, 9.17) is 14.2 Å². The largest absolute Gasteiger partial charge is 0.491 e. The number of hydrogen-bond acceptors (Lipinski definition) is 4. The van der Waals surface area contributed by atoms with Crippen LogP contribution in [0.5, 0.6) is 11.5 Å². The molecule has 2 aromatic rings. The summed E-state index contributed by atoms with van der Waals surface area (Å²) in [5.74, 6) is 1.54. The lowest BCUT2D eigenvalue weighted by Gasteiger charge is -2.10. The molecule has 0 unspecified atom stereocenters. The van der Waals surface area contributed by atoms with Crippen molar-refractivity contribution >= 4 is 11.6 Å². The summed E-state index contributed by atoms with van der Waals surface area (Å²) in [6.45, 7) is 5.74. The van der Waals surface area contributed by atoms with Crippen LogP contribution in [0.25, 0.3) is 0 Å². The van der Waals surface area contributed by atoms with Crippen molar-refractivity contribution in [1.29, 1.82) is 0 Å². The van der Waals surface area contributed by atoms with Crippen molar-refractivity contribution in [2.75, 3.05) is 31.7 Å². The maximum Gasteiger partial charge on any atom is 0.221 e. The number of amides is 1. The number of rotatable bonds is 17. The Labute approximate surface area is 193 Å². The summed E-state index contributed by atoms with van der Waals surface area (Å²) in [4.78, 5) is 11.0. The molecule has 0 radical (unpaired) electrons. The quantitative estimate of drug-likeness (QED) is 0.288. The van der Waals surface area contributed by atoms with Crippen LogP contribution in [0.15, 0.2) is 48.5 Å². The zero-order valence-corrected chi connectivity index (χ0v) is 19.7. The highest BCUT2D eigenvalue weighted by molar-refractivity contribution is 5.88. The van der Waals surface area contributed by atoms with E-state index >= 15 is 0 Å². The fourth-order valence-electron chi connectivity index (χ4n) is 3.42. The van der Waals surface area contributed by atoms with Crippen LogP contribution in [0.2, 0.25) is 0 Å². The third kappa shape index (κ3) is 11.8. The van der Waals surface area contributed by atoms with Crippen molar-refractivity contribution in [1.82, 2.24) is 0 Å². The lowest BCUT2D eigenvalue weighted by Crippen LogP contribution is -2.12. The number of hydrogen-bond donors (Lipinski definition) is 1. The second-order valence-corrected chi connectivity index (χ2v) is 8.03. The van der Waals surface area contributed by atoms with Crippen LogP contribution < -0.4 is 14.8 Å². The number of anilines is 1. The van der Waals surface area contributed by atoms with Gasteiger partial charge in [0.15, 0.2) is 0 Å². The van der Waals surface area contributed by atoms with Gasteiger partial charge in [-0.15, -0.1) is 0 Å². The Bertz CT molecular complexity index is 743. The monoisotopic (exact) mass is 441 g/mol. The van der Waals surface area contributed by atoms with Gasteiger partial charge in [-0.2, -0.15) is 0 Å². The van der Waals surface area contributed by atoms with E-state index in [1.54, 1.807) is 0 Å². The third-order valence-electron chi connectivity index (χ3n) is 5.16. The molecule has 0 bridgehead atoms. The lowest BCUT2D eigenvalue weighted by atomic mass is 10.0. The van der Waals surface area contributed by atoms with E-state index in [1.807, 2.05) is 36.4 Å². The predicted octanol–water partition coefficient (Wildman–Crippen LogP) is 6.41. The molecular formula is C27H39NO4. The van der Waals surface area contributed by atoms with E-state index in [0.717, 1.165) is 23.6 Å². The molecule has 32 heavy (non-hydrogen) atoms. The van der Waals surface area contributed by atoms with Crippen LogP contribution in [0.1, 0.15) is 64.4 Å². The van der Waals surface area contributed by atoms with Gasteiger partial charge in [0.05, 0.1) is 13.2 Å². The van der Waals surface area contributed by atoms with Gasteiger partial charge in [0.2, 0.25) is 5.91 Å². The number of aryl methyl sites for hydroxylation is 1.